The van der Waals surface area contributed by atoms with Gasteiger partial charge in [-0.05, 0) is 135 Å². The van der Waals surface area contributed by atoms with Crippen molar-refractivity contribution in [3.8, 4) is 28.7 Å². The van der Waals surface area contributed by atoms with Crippen molar-refractivity contribution in [1.82, 2.24) is 0 Å². The van der Waals surface area contributed by atoms with Crippen molar-refractivity contribution in [3.05, 3.63) is 122 Å². The number of benzene rings is 4. The fourth-order valence-corrected chi connectivity index (χ4v) is 4.93. The zero-order chi connectivity index (χ0) is 35.9. The first-order chi connectivity index (χ1) is 25.0. The van der Waals surface area contributed by atoms with Gasteiger partial charge in [0.15, 0.2) is 0 Å². The third-order valence-corrected chi connectivity index (χ3v) is 7.67. The smallest absolute Gasteiger partial charge is 0.343 e. The molecule has 0 radical (unpaired) electrons. The fourth-order valence-electron chi connectivity index (χ4n) is 4.93. The summed E-state index contributed by atoms with van der Waals surface area (Å²) in [7, 11) is 0. The van der Waals surface area contributed by atoms with Crippen LogP contribution in [0.4, 0.5) is 0 Å². The second-order valence-electron chi connectivity index (χ2n) is 11.6. The van der Waals surface area contributed by atoms with E-state index < -0.39 is 11.9 Å². The molecule has 0 fully saturated rings. The van der Waals surface area contributed by atoms with Crippen LogP contribution in [-0.2, 0) is 14.3 Å². The Morgan fingerprint density at radius 2 is 1.06 bits per heavy atom. The molecule has 0 aliphatic carbocycles. The van der Waals surface area contributed by atoms with E-state index in [9.17, 15) is 9.59 Å². The number of carbonyl (C=O) groups excluding carboxylic acids is 2. The number of hydrogen-bond acceptors (Lipinski definition) is 9. The first-order valence-electron chi connectivity index (χ1n) is 17.3. The lowest BCUT2D eigenvalue weighted by molar-refractivity contribution is -0.137. The molecule has 9 nitrogen and oxygen atoms in total. The maximum atomic E-state index is 12.8. The molecule has 9 heteroatoms. The molecule has 0 bridgehead atoms. The Hall–Kier alpha value is -5.66. The van der Waals surface area contributed by atoms with Crippen LogP contribution in [0, 0.1) is 0 Å². The molecule has 4 aromatic rings. The van der Waals surface area contributed by atoms with E-state index in [-0.39, 0.29) is 6.79 Å². The van der Waals surface area contributed by atoms with Crippen LogP contribution in [0.5, 0.6) is 28.7 Å². The van der Waals surface area contributed by atoms with Crippen molar-refractivity contribution in [2.45, 2.75) is 51.4 Å². The molecule has 0 saturated carbocycles. The van der Waals surface area contributed by atoms with Gasteiger partial charge in [0.2, 0.25) is 6.79 Å². The predicted octanol–water partition coefficient (Wildman–Crippen LogP) is 9.40. The van der Waals surface area contributed by atoms with Crippen LogP contribution in [0.1, 0.15) is 61.7 Å². The number of carbonyl (C=O) groups is 2. The molecule has 51 heavy (non-hydrogen) atoms. The summed E-state index contributed by atoms with van der Waals surface area (Å²) in [6.07, 6.45) is 10.4. The summed E-state index contributed by atoms with van der Waals surface area (Å²) in [6, 6.07) is 25.5. The molecule has 0 aliphatic rings. The molecule has 0 unspecified atom stereocenters. The predicted molar refractivity (Wildman–Crippen MR) is 197 cm³/mol. The van der Waals surface area contributed by atoms with Crippen LogP contribution in [0.3, 0.4) is 0 Å². The first-order valence-corrected chi connectivity index (χ1v) is 17.3. The lowest BCUT2D eigenvalue weighted by Gasteiger charge is -2.11. The van der Waals surface area contributed by atoms with Crippen molar-refractivity contribution in [2.75, 3.05) is 33.2 Å². The van der Waals surface area contributed by atoms with Crippen LogP contribution in [-0.4, -0.2) is 45.2 Å². The molecular formula is C42H46O9. The number of hydrogen-bond donors (Lipinski definition) is 0. The highest BCUT2D eigenvalue weighted by atomic mass is 16.7. The number of esters is 2. The minimum Gasteiger partial charge on any atom is -0.494 e. The summed E-state index contributed by atoms with van der Waals surface area (Å²) in [4.78, 5) is 23.8. The van der Waals surface area contributed by atoms with Crippen LogP contribution in [0.15, 0.2) is 116 Å². The van der Waals surface area contributed by atoms with E-state index in [0.717, 1.165) is 67.9 Å². The number of fused-ring (bicyclic) bond motifs is 1. The Morgan fingerprint density at radius 3 is 1.67 bits per heavy atom. The standard InChI is InChI=1S/C42H46O9/c1-3-25-45-26-9-5-6-10-28-47-37-21-23-38(24-22-37)49-32-50-39-19-15-35-31-40(20-16-34(35)30-39)51-42(44)33-13-17-36(18-14-33)46-27-11-7-8-12-29-48-41(43)4-2/h4,13-25,30-31H,1-2,5-12,26-29,32H2. The van der Waals surface area contributed by atoms with Gasteiger partial charge in [0, 0.05) is 6.08 Å². The number of ether oxygens (including phenoxy) is 7. The van der Waals surface area contributed by atoms with Crippen molar-refractivity contribution in [3.63, 3.8) is 0 Å². The summed E-state index contributed by atoms with van der Waals surface area (Å²) >= 11 is 0. The molecule has 0 N–H and O–H groups in total. The minimum absolute atomic E-state index is 0.0497. The number of rotatable bonds is 24. The van der Waals surface area contributed by atoms with Crippen LogP contribution >= 0.6 is 0 Å². The van der Waals surface area contributed by atoms with E-state index in [1.807, 2.05) is 54.6 Å². The van der Waals surface area contributed by atoms with E-state index >= 15 is 0 Å². The Kier molecular flexibility index (Phi) is 16.6. The molecule has 0 aromatic heterocycles. The van der Waals surface area contributed by atoms with Crippen LogP contribution < -0.4 is 23.7 Å². The van der Waals surface area contributed by atoms with Gasteiger partial charge in [0.25, 0.3) is 0 Å². The van der Waals surface area contributed by atoms with Crippen molar-refractivity contribution < 1.29 is 42.7 Å². The Morgan fingerprint density at radius 1 is 0.569 bits per heavy atom. The normalized spacial score (nSPS) is 10.4. The molecule has 0 amide bonds. The topological polar surface area (TPSA) is 98.8 Å². The zero-order valence-corrected chi connectivity index (χ0v) is 29.0. The maximum Gasteiger partial charge on any atom is 0.343 e. The van der Waals surface area contributed by atoms with Crippen LogP contribution in [0.25, 0.3) is 10.8 Å². The molecule has 0 saturated heterocycles. The maximum absolute atomic E-state index is 12.8. The molecule has 0 atom stereocenters. The van der Waals surface area contributed by atoms with Gasteiger partial charge in [-0.1, -0.05) is 31.0 Å². The Bertz CT molecular complexity index is 1710. The lowest BCUT2D eigenvalue weighted by Crippen LogP contribution is -2.08. The van der Waals surface area contributed by atoms with Gasteiger partial charge >= 0.3 is 11.9 Å². The van der Waals surface area contributed by atoms with Gasteiger partial charge in [-0.25, -0.2) is 9.59 Å². The highest BCUT2D eigenvalue weighted by molar-refractivity contribution is 5.92. The first kappa shape index (κ1) is 38.1. The van der Waals surface area contributed by atoms with Gasteiger partial charge < -0.3 is 33.2 Å². The fraction of sp³-hybridized carbons (Fsp3) is 0.310. The summed E-state index contributed by atoms with van der Waals surface area (Å²) in [6.45, 7) is 9.20. The van der Waals surface area contributed by atoms with Crippen molar-refractivity contribution in [1.29, 1.82) is 0 Å². The van der Waals surface area contributed by atoms with E-state index in [1.54, 1.807) is 30.3 Å². The molecule has 4 aromatic carbocycles. The third kappa shape index (κ3) is 14.4. The summed E-state index contributed by atoms with van der Waals surface area (Å²) in [5.41, 5.74) is 3.02. The summed E-state index contributed by atoms with van der Waals surface area (Å²) in [5, 5.41) is 1.84. The molecule has 0 heterocycles. The molecule has 4 rings (SSSR count). The Balaban J connectivity index is 1.12. The van der Waals surface area contributed by atoms with Gasteiger partial charge in [-0.2, -0.15) is 0 Å². The average Bonchev–Trinajstić information content (AvgIpc) is 3.16. The molecule has 268 valence electrons. The minimum atomic E-state index is -0.454. The largest absolute Gasteiger partial charge is 0.494 e. The van der Waals surface area contributed by atoms with Gasteiger partial charge in [-0.15, -0.1) is 0 Å². The third-order valence-electron chi connectivity index (χ3n) is 7.67. The van der Waals surface area contributed by atoms with Crippen molar-refractivity contribution >= 4 is 22.7 Å². The zero-order valence-electron chi connectivity index (χ0n) is 29.0. The van der Waals surface area contributed by atoms with Crippen LogP contribution in [0.2, 0.25) is 0 Å². The second-order valence-corrected chi connectivity index (χ2v) is 11.6. The number of unbranched alkanes of at least 4 members (excludes halogenated alkanes) is 6. The quantitative estimate of drug-likeness (QED) is 0.0135. The molecule has 0 aliphatic heterocycles. The SMILES string of the molecule is C=C=COCCCCCCOc1ccc(OCOc2ccc3cc(OC(=O)c4ccc(OCCCCCCOC(=O)C=C)cc4)ccc3c2)cc1. The van der Waals surface area contributed by atoms with Crippen molar-refractivity contribution in [2.24, 2.45) is 0 Å². The summed E-state index contributed by atoms with van der Waals surface area (Å²) < 4.78 is 39.0. The highest BCUT2D eigenvalue weighted by Gasteiger charge is 2.10. The summed E-state index contributed by atoms with van der Waals surface area (Å²) in [5.74, 6) is 2.41. The van der Waals surface area contributed by atoms with E-state index in [4.69, 9.17) is 33.2 Å². The van der Waals surface area contributed by atoms with E-state index in [0.29, 0.717) is 55.0 Å². The van der Waals surface area contributed by atoms with E-state index in [1.165, 1.54) is 12.3 Å². The van der Waals surface area contributed by atoms with Gasteiger partial charge in [0.1, 0.15) is 35.0 Å². The Labute approximate surface area is 300 Å². The second kappa shape index (κ2) is 22.1. The van der Waals surface area contributed by atoms with E-state index in [2.05, 4.69) is 18.9 Å². The van der Waals surface area contributed by atoms with Gasteiger partial charge in [-0.3, -0.25) is 0 Å². The average molecular weight is 695 g/mol. The molecule has 0 spiro atoms. The lowest BCUT2D eigenvalue weighted by atomic mass is 10.1. The highest BCUT2D eigenvalue weighted by Crippen LogP contribution is 2.26. The van der Waals surface area contributed by atoms with Gasteiger partial charge in [0.05, 0.1) is 32.0 Å². The molecular weight excluding hydrogens is 648 g/mol. The monoisotopic (exact) mass is 694 g/mol.